The number of para-hydroxylation sites is 1. The van der Waals surface area contributed by atoms with Gasteiger partial charge >= 0.3 is 0 Å². The van der Waals surface area contributed by atoms with Crippen molar-refractivity contribution in [1.29, 1.82) is 0 Å². The Morgan fingerprint density at radius 3 is 2.63 bits per heavy atom. The van der Waals surface area contributed by atoms with Crippen molar-refractivity contribution in [3.8, 4) is 11.3 Å². The van der Waals surface area contributed by atoms with Crippen LogP contribution in [0, 0.1) is 17.0 Å². The number of nitrogens with zero attached hydrogens (tertiary/aromatic N) is 3. The lowest BCUT2D eigenvalue weighted by atomic mass is 10.1. The number of nitrogens with one attached hydrogen (secondary N) is 1. The Hall–Kier alpha value is -3.33. The van der Waals surface area contributed by atoms with Crippen molar-refractivity contribution in [3.63, 3.8) is 0 Å². The fourth-order valence-corrected chi connectivity index (χ4v) is 3.80. The van der Waals surface area contributed by atoms with Crippen LogP contribution < -0.4 is 4.72 Å². The molecule has 0 fully saturated rings. The molecule has 1 N–H and O–H groups in total. The summed E-state index contributed by atoms with van der Waals surface area (Å²) in [6.45, 7) is 1.77. The average molecular weight is 384 g/mol. The lowest BCUT2D eigenvalue weighted by Crippen LogP contribution is -2.16. The van der Waals surface area contributed by atoms with Gasteiger partial charge in [-0.1, -0.05) is 30.3 Å². The molecule has 0 saturated carbocycles. The van der Waals surface area contributed by atoms with E-state index in [-0.39, 0.29) is 11.3 Å². The summed E-state index contributed by atoms with van der Waals surface area (Å²) < 4.78 is 27.4. The first-order chi connectivity index (χ1) is 12.8. The maximum atomic E-state index is 12.5. The predicted octanol–water partition coefficient (Wildman–Crippen LogP) is 3.30. The minimum atomic E-state index is -3.84. The van der Waals surface area contributed by atoms with Gasteiger partial charge in [-0.25, -0.2) is 18.4 Å². The molecule has 0 saturated heterocycles. The van der Waals surface area contributed by atoms with Crippen molar-refractivity contribution in [2.45, 2.75) is 12.7 Å². The molecule has 0 aliphatic rings. The van der Waals surface area contributed by atoms with Gasteiger partial charge in [-0.05, 0) is 25.1 Å². The molecule has 2 aromatic carbocycles. The molecule has 0 aliphatic heterocycles. The Bertz CT molecular complexity index is 1100. The van der Waals surface area contributed by atoms with Gasteiger partial charge in [0.05, 0.1) is 10.6 Å². The second kappa shape index (κ2) is 7.50. The molecular weight excluding hydrogens is 368 g/mol. The second-order valence-electron chi connectivity index (χ2n) is 5.82. The molecule has 9 heteroatoms. The molecule has 3 rings (SSSR count). The van der Waals surface area contributed by atoms with Crippen LogP contribution in [-0.2, 0) is 15.8 Å². The van der Waals surface area contributed by atoms with Gasteiger partial charge in [0, 0.05) is 29.1 Å². The number of rotatable bonds is 6. The molecule has 0 bridgehead atoms. The monoisotopic (exact) mass is 384 g/mol. The van der Waals surface area contributed by atoms with Crippen LogP contribution in [0.15, 0.2) is 60.8 Å². The Labute approximate surface area is 156 Å². The van der Waals surface area contributed by atoms with Gasteiger partial charge in [-0.15, -0.1) is 0 Å². The molecule has 8 nitrogen and oxygen atoms in total. The van der Waals surface area contributed by atoms with Crippen LogP contribution in [-0.4, -0.2) is 23.3 Å². The highest BCUT2D eigenvalue weighted by Gasteiger charge is 2.20. The lowest BCUT2D eigenvalue weighted by Gasteiger charge is -2.10. The maximum absolute atomic E-state index is 12.5. The zero-order valence-corrected chi connectivity index (χ0v) is 15.2. The van der Waals surface area contributed by atoms with Gasteiger partial charge in [0.2, 0.25) is 10.0 Å². The largest absolute Gasteiger partial charge is 0.283 e. The molecule has 27 heavy (non-hydrogen) atoms. The number of aryl methyl sites for hydroxylation is 1. The Morgan fingerprint density at radius 1 is 1.11 bits per heavy atom. The molecule has 0 spiro atoms. The van der Waals surface area contributed by atoms with Gasteiger partial charge in [0.1, 0.15) is 11.6 Å². The van der Waals surface area contributed by atoms with E-state index in [1.165, 1.54) is 18.2 Å². The zero-order valence-electron chi connectivity index (χ0n) is 14.4. The van der Waals surface area contributed by atoms with Crippen LogP contribution in [0.2, 0.25) is 0 Å². The molecule has 3 aromatic rings. The van der Waals surface area contributed by atoms with Crippen molar-refractivity contribution in [2.75, 3.05) is 4.72 Å². The SMILES string of the molecule is Cc1nccc(-c2cccc(NS(=O)(=O)Cc3ccccc3[N+](=O)[O-])c2)n1. The van der Waals surface area contributed by atoms with Crippen molar-refractivity contribution in [3.05, 3.63) is 82.3 Å². The van der Waals surface area contributed by atoms with Gasteiger partial charge in [-0.3, -0.25) is 14.8 Å². The molecule has 0 aliphatic carbocycles. The summed E-state index contributed by atoms with van der Waals surface area (Å²) in [4.78, 5) is 18.8. The topological polar surface area (TPSA) is 115 Å². The summed E-state index contributed by atoms with van der Waals surface area (Å²) in [6, 6.07) is 14.3. The van der Waals surface area contributed by atoms with Crippen molar-refractivity contribution in [1.82, 2.24) is 9.97 Å². The third-order valence-corrected chi connectivity index (χ3v) is 4.98. The number of hydrogen-bond acceptors (Lipinski definition) is 6. The summed E-state index contributed by atoms with van der Waals surface area (Å²) in [5, 5.41) is 11.1. The first kappa shape index (κ1) is 18.5. The quantitative estimate of drug-likeness (QED) is 0.515. The number of aromatic nitrogens is 2. The van der Waals surface area contributed by atoms with Crippen LogP contribution in [0.3, 0.4) is 0 Å². The molecule has 1 heterocycles. The van der Waals surface area contributed by atoms with E-state index in [0.717, 1.165) is 5.56 Å². The van der Waals surface area contributed by atoms with Gasteiger partial charge in [-0.2, -0.15) is 0 Å². The minimum absolute atomic E-state index is 0.123. The highest BCUT2D eigenvalue weighted by atomic mass is 32.2. The first-order valence-corrected chi connectivity index (χ1v) is 9.62. The van der Waals surface area contributed by atoms with E-state index in [0.29, 0.717) is 17.2 Å². The van der Waals surface area contributed by atoms with Gasteiger partial charge in [0.15, 0.2) is 0 Å². The summed E-state index contributed by atoms with van der Waals surface area (Å²) in [6.07, 6.45) is 1.63. The van der Waals surface area contributed by atoms with E-state index >= 15 is 0 Å². The van der Waals surface area contributed by atoms with E-state index in [9.17, 15) is 18.5 Å². The molecule has 0 unspecified atom stereocenters. The van der Waals surface area contributed by atoms with Gasteiger partial charge in [0.25, 0.3) is 5.69 Å². The van der Waals surface area contributed by atoms with E-state index in [2.05, 4.69) is 14.7 Å². The van der Waals surface area contributed by atoms with Crippen LogP contribution in [0.25, 0.3) is 11.3 Å². The lowest BCUT2D eigenvalue weighted by molar-refractivity contribution is -0.385. The fraction of sp³-hybridized carbons (Fsp3) is 0.111. The molecule has 138 valence electrons. The molecule has 1 aromatic heterocycles. The third kappa shape index (κ3) is 4.64. The number of hydrogen-bond donors (Lipinski definition) is 1. The number of nitro groups is 1. The van der Waals surface area contributed by atoms with Crippen molar-refractivity contribution in [2.24, 2.45) is 0 Å². The Kier molecular flexibility index (Phi) is 5.13. The highest BCUT2D eigenvalue weighted by molar-refractivity contribution is 7.91. The molecule has 0 amide bonds. The molecule has 0 radical (unpaired) electrons. The number of anilines is 1. The number of nitro benzene ring substituents is 1. The van der Waals surface area contributed by atoms with E-state index in [4.69, 9.17) is 0 Å². The number of benzene rings is 2. The zero-order chi connectivity index (χ0) is 19.4. The standard InChI is InChI=1S/C18H16N4O4S/c1-13-19-10-9-17(20-13)14-6-4-7-16(11-14)21-27(25,26)12-15-5-2-3-8-18(15)22(23)24/h2-11,21H,12H2,1H3. The number of sulfonamides is 1. The molecule has 0 atom stereocenters. The normalized spacial score (nSPS) is 11.1. The first-order valence-electron chi connectivity index (χ1n) is 7.97. The van der Waals surface area contributed by atoms with Crippen LogP contribution in [0.4, 0.5) is 11.4 Å². The molecular formula is C18H16N4O4S. The maximum Gasteiger partial charge on any atom is 0.273 e. The van der Waals surface area contributed by atoms with Crippen LogP contribution >= 0.6 is 0 Å². The predicted molar refractivity (Wildman–Crippen MR) is 102 cm³/mol. The van der Waals surface area contributed by atoms with Crippen LogP contribution in [0.5, 0.6) is 0 Å². The smallest absolute Gasteiger partial charge is 0.273 e. The summed E-state index contributed by atoms with van der Waals surface area (Å²) in [5.74, 6) is 0.107. The summed E-state index contributed by atoms with van der Waals surface area (Å²) in [5.41, 5.74) is 1.64. The minimum Gasteiger partial charge on any atom is -0.283 e. The third-order valence-electron chi connectivity index (χ3n) is 3.74. The van der Waals surface area contributed by atoms with E-state index < -0.39 is 20.7 Å². The summed E-state index contributed by atoms with van der Waals surface area (Å²) >= 11 is 0. The Morgan fingerprint density at radius 2 is 1.89 bits per heavy atom. The second-order valence-corrected chi connectivity index (χ2v) is 7.54. The fourth-order valence-electron chi connectivity index (χ4n) is 2.59. The van der Waals surface area contributed by atoms with Crippen LogP contribution in [0.1, 0.15) is 11.4 Å². The average Bonchev–Trinajstić information content (AvgIpc) is 2.61. The highest BCUT2D eigenvalue weighted by Crippen LogP contribution is 2.24. The van der Waals surface area contributed by atoms with E-state index in [1.807, 2.05) is 6.07 Å². The van der Waals surface area contributed by atoms with E-state index in [1.54, 1.807) is 43.5 Å². The van der Waals surface area contributed by atoms with Gasteiger partial charge < -0.3 is 0 Å². The van der Waals surface area contributed by atoms with Crippen molar-refractivity contribution < 1.29 is 13.3 Å². The van der Waals surface area contributed by atoms with Crippen molar-refractivity contribution >= 4 is 21.4 Å². The summed E-state index contributed by atoms with van der Waals surface area (Å²) in [7, 11) is -3.84. The Balaban J connectivity index is 1.85.